The fraction of sp³-hybridized carbons (Fsp3) is 0.550. The van der Waals surface area contributed by atoms with E-state index >= 15 is 0 Å². The van der Waals surface area contributed by atoms with Crippen LogP contribution in [0, 0.1) is 0 Å². The summed E-state index contributed by atoms with van der Waals surface area (Å²) in [5.41, 5.74) is 0.253. The number of hydrogen-bond acceptors (Lipinski definition) is 5. The number of pyridine rings is 1. The third-order valence-electron chi connectivity index (χ3n) is 5.51. The van der Waals surface area contributed by atoms with Crippen molar-refractivity contribution in [2.45, 2.75) is 31.3 Å². The summed E-state index contributed by atoms with van der Waals surface area (Å²) in [6.07, 6.45) is 4.64. The predicted molar refractivity (Wildman–Crippen MR) is 100 cm³/mol. The minimum Gasteiger partial charge on any atom is -0.494 e. The Kier molecular flexibility index (Phi) is 4.52. The van der Waals surface area contributed by atoms with Gasteiger partial charge >= 0.3 is 0 Å². The molecule has 134 valence electrons. The lowest BCUT2D eigenvalue weighted by atomic mass is 10.0. The van der Waals surface area contributed by atoms with Crippen molar-refractivity contribution in [3.8, 4) is 5.75 Å². The van der Waals surface area contributed by atoms with Crippen molar-refractivity contribution >= 4 is 16.7 Å². The number of rotatable bonds is 4. The largest absolute Gasteiger partial charge is 0.494 e. The highest BCUT2D eigenvalue weighted by Gasteiger charge is 2.38. The smallest absolute Gasteiger partial charge is 0.145 e. The van der Waals surface area contributed by atoms with Crippen molar-refractivity contribution in [3.05, 3.63) is 30.3 Å². The molecule has 5 nitrogen and oxygen atoms in total. The van der Waals surface area contributed by atoms with Crippen molar-refractivity contribution in [1.82, 2.24) is 9.88 Å². The number of aliphatic hydroxyl groups is 1. The zero-order valence-electron chi connectivity index (χ0n) is 14.9. The first-order valence-electron chi connectivity index (χ1n) is 9.30. The van der Waals surface area contributed by atoms with Gasteiger partial charge in [0.1, 0.15) is 17.1 Å². The highest BCUT2D eigenvalue weighted by atomic mass is 16.5. The Hall–Kier alpha value is -1.85. The van der Waals surface area contributed by atoms with Crippen LogP contribution < -0.4 is 9.64 Å². The number of aromatic nitrogens is 1. The van der Waals surface area contributed by atoms with E-state index in [1.165, 1.54) is 19.3 Å². The Labute approximate surface area is 149 Å². The number of nitrogens with zero attached hydrogens (tertiary/aromatic N) is 3. The molecule has 5 heteroatoms. The van der Waals surface area contributed by atoms with E-state index in [2.05, 4.69) is 21.9 Å². The van der Waals surface area contributed by atoms with E-state index in [9.17, 15) is 5.11 Å². The number of piperidine rings is 1. The SMILES string of the molecule is COc1cccc2ccc(N3CC[C@@](O)(CN4CCCCC4)C3)nc12. The molecule has 1 N–H and O–H groups in total. The molecular formula is C20H27N3O2. The van der Waals surface area contributed by atoms with E-state index in [1.54, 1.807) is 7.11 Å². The average molecular weight is 341 g/mol. The van der Waals surface area contributed by atoms with Crippen LogP contribution in [0.25, 0.3) is 10.9 Å². The van der Waals surface area contributed by atoms with Gasteiger partial charge in [-0.3, -0.25) is 0 Å². The number of anilines is 1. The molecule has 25 heavy (non-hydrogen) atoms. The topological polar surface area (TPSA) is 48.8 Å². The van der Waals surface area contributed by atoms with Gasteiger partial charge in [0.25, 0.3) is 0 Å². The van der Waals surface area contributed by atoms with Crippen molar-refractivity contribution < 1.29 is 9.84 Å². The van der Waals surface area contributed by atoms with Gasteiger partial charge < -0.3 is 19.6 Å². The van der Waals surface area contributed by atoms with Crippen LogP contribution in [0.5, 0.6) is 5.75 Å². The van der Waals surface area contributed by atoms with E-state index in [-0.39, 0.29) is 0 Å². The molecule has 2 aliphatic heterocycles. The monoisotopic (exact) mass is 341 g/mol. The van der Waals surface area contributed by atoms with Crippen LogP contribution in [0.3, 0.4) is 0 Å². The lowest BCUT2D eigenvalue weighted by Gasteiger charge is -2.33. The van der Waals surface area contributed by atoms with Gasteiger partial charge in [-0.15, -0.1) is 0 Å². The molecule has 0 saturated carbocycles. The molecular weight excluding hydrogens is 314 g/mol. The summed E-state index contributed by atoms with van der Waals surface area (Å²) in [4.78, 5) is 9.44. The molecule has 2 aromatic rings. The normalized spacial score (nSPS) is 24.8. The second-order valence-electron chi connectivity index (χ2n) is 7.43. The predicted octanol–water partition coefficient (Wildman–Crippen LogP) is 2.67. The van der Waals surface area contributed by atoms with Crippen molar-refractivity contribution in [2.24, 2.45) is 0 Å². The van der Waals surface area contributed by atoms with Crippen molar-refractivity contribution in [3.63, 3.8) is 0 Å². The van der Waals surface area contributed by atoms with Gasteiger partial charge in [0.05, 0.1) is 12.7 Å². The molecule has 2 saturated heterocycles. The zero-order chi connectivity index (χ0) is 17.3. The average Bonchev–Trinajstić information content (AvgIpc) is 3.03. The van der Waals surface area contributed by atoms with Gasteiger partial charge in [-0.2, -0.15) is 0 Å². The van der Waals surface area contributed by atoms with E-state index in [4.69, 9.17) is 9.72 Å². The van der Waals surface area contributed by atoms with Gasteiger partial charge in [0, 0.05) is 25.0 Å². The van der Waals surface area contributed by atoms with Crippen LogP contribution in [0.1, 0.15) is 25.7 Å². The summed E-state index contributed by atoms with van der Waals surface area (Å²) in [6.45, 7) is 4.51. The number of methoxy groups -OCH3 is 1. The maximum Gasteiger partial charge on any atom is 0.145 e. The standard InChI is InChI=1S/C20H27N3O2/c1-25-17-7-5-6-16-8-9-18(21-19(16)17)23-13-10-20(24,15-23)14-22-11-3-2-4-12-22/h5-9,24H,2-4,10-15H2,1H3/t20-/m1/s1. The number of likely N-dealkylation sites (tertiary alicyclic amines) is 1. The molecule has 0 radical (unpaired) electrons. The van der Waals surface area contributed by atoms with Crippen LogP contribution in [0.4, 0.5) is 5.82 Å². The maximum absolute atomic E-state index is 11.1. The molecule has 1 atom stereocenters. The molecule has 1 aromatic heterocycles. The molecule has 2 fully saturated rings. The summed E-state index contributed by atoms with van der Waals surface area (Å²) >= 11 is 0. The van der Waals surface area contributed by atoms with E-state index in [0.717, 1.165) is 55.1 Å². The van der Waals surface area contributed by atoms with Gasteiger partial charge in [-0.25, -0.2) is 4.98 Å². The Morgan fingerprint density at radius 3 is 2.76 bits per heavy atom. The molecule has 0 aliphatic carbocycles. The molecule has 1 aromatic carbocycles. The third kappa shape index (κ3) is 3.44. The minimum atomic E-state index is -0.630. The quantitative estimate of drug-likeness (QED) is 0.926. The first-order chi connectivity index (χ1) is 12.2. The lowest BCUT2D eigenvalue weighted by molar-refractivity contribution is 0.0169. The van der Waals surface area contributed by atoms with Crippen LogP contribution >= 0.6 is 0 Å². The lowest BCUT2D eigenvalue weighted by Crippen LogP contribution is -2.46. The highest BCUT2D eigenvalue weighted by Crippen LogP contribution is 2.30. The Morgan fingerprint density at radius 2 is 1.96 bits per heavy atom. The summed E-state index contributed by atoms with van der Waals surface area (Å²) in [5.74, 6) is 1.72. The fourth-order valence-electron chi connectivity index (χ4n) is 4.17. The molecule has 2 aliphatic rings. The van der Waals surface area contributed by atoms with Gasteiger partial charge in [-0.05, 0) is 50.6 Å². The maximum atomic E-state index is 11.1. The summed E-state index contributed by atoms with van der Waals surface area (Å²) in [5, 5.41) is 12.1. The number of para-hydroxylation sites is 1. The first kappa shape index (κ1) is 16.6. The fourth-order valence-corrected chi connectivity index (χ4v) is 4.17. The summed E-state index contributed by atoms with van der Waals surface area (Å²) < 4.78 is 5.45. The number of ether oxygens (including phenoxy) is 1. The molecule has 0 bridgehead atoms. The summed E-state index contributed by atoms with van der Waals surface area (Å²) in [7, 11) is 1.68. The van der Waals surface area contributed by atoms with Crippen LogP contribution in [0.15, 0.2) is 30.3 Å². The summed E-state index contributed by atoms with van der Waals surface area (Å²) in [6, 6.07) is 10.1. The second kappa shape index (κ2) is 6.81. The van der Waals surface area contributed by atoms with E-state index in [0.29, 0.717) is 6.54 Å². The van der Waals surface area contributed by atoms with Gasteiger partial charge in [0.2, 0.25) is 0 Å². The highest BCUT2D eigenvalue weighted by molar-refractivity contribution is 5.86. The van der Waals surface area contributed by atoms with E-state index in [1.807, 2.05) is 18.2 Å². The van der Waals surface area contributed by atoms with Crippen LogP contribution in [0.2, 0.25) is 0 Å². The number of hydrogen-bond donors (Lipinski definition) is 1. The molecule has 0 amide bonds. The Morgan fingerprint density at radius 1 is 1.12 bits per heavy atom. The first-order valence-corrected chi connectivity index (χ1v) is 9.30. The molecule has 4 rings (SSSR count). The van der Waals surface area contributed by atoms with Crippen LogP contribution in [-0.4, -0.2) is 60.4 Å². The molecule has 3 heterocycles. The zero-order valence-corrected chi connectivity index (χ0v) is 14.9. The van der Waals surface area contributed by atoms with Crippen molar-refractivity contribution in [1.29, 1.82) is 0 Å². The Balaban J connectivity index is 1.52. The minimum absolute atomic E-state index is 0.630. The third-order valence-corrected chi connectivity index (χ3v) is 5.51. The van der Waals surface area contributed by atoms with Gasteiger partial charge in [0.15, 0.2) is 0 Å². The van der Waals surface area contributed by atoms with E-state index < -0.39 is 5.60 Å². The Bertz CT molecular complexity index is 745. The molecule has 0 unspecified atom stereocenters. The van der Waals surface area contributed by atoms with Gasteiger partial charge in [-0.1, -0.05) is 18.6 Å². The molecule has 0 spiro atoms. The van der Waals surface area contributed by atoms with Crippen molar-refractivity contribution in [2.75, 3.05) is 44.7 Å². The number of β-amino-alcohol motifs (C(OH)–C–C–N with tert-alkyl or cyclic N) is 1. The number of benzene rings is 1. The second-order valence-corrected chi connectivity index (χ2v) is 7.43. The van der Waals surface area contributed by atoms with Crippen LogP contribution in [-0.2, 0) is 0 Å². The number of fused-ring (bicyclic) bond motifs is 1.